The first-order chi connectivity index (χ1) is 9.35. The molecule has 0 amide bonds. The molecule has 1 rings (SSSR count). The zero-order valence-electron chi connectivity index (χ0n) is 10.7. The lowest BCUT2D eigenvalue weighted by molar-refractivity contribution is -0.175. The van der Waals surface area contributed by atoms with Gasteiger partial charge in [-0.15, -0.1) is 0 Å². The maximum Gasteiger partial charge on any atom is 0.411 e. The van der Waals surface area contributed by atoms with Gasteiger partial charge in [0.25, 0.3) is 0 Å². The summed E-state index contributed by atoms with van der Waals surface area (Å²) in [5.41, 5.74) is 5.82. The van der Waals surface area contributed by atoms with Crippen LogP contribution in [0, 0.1) is 0 Å². The second-order valence-electron chi connectivity index (χ2n) is 3.73. The van der Waals surface area contributed by atoms with E-state index in [1.54, 1.807) is 6.07 Å². The Kier molecular flexibility index (Phi) is 5.63. The Morgan fingerprint density at radius 2 is 2.00 bits per heavy atom. The highest BCUT2D eigenvalue weighted by atomic mass is 19.4. The number of carbonyl (C=O) groups excluding carboxylic acids is 1. The van der Waals surface area contributed by atoms with Gasteiger partial charge in [-0.3, -0.25) is 0 Å². The monoisotopic (exact) mass is 293 g/mol. The molecule has 0 radical (unpaired) electrons. The topological polar surface area (TPSA) is 70.8 Å². The molecule has 8 heteroatoms. The first-order valence-corrected chi connectivity index (χ1v) is 5.59. The molecule has 1 aromatic rings. The first-order valence-electron chi connectivity index (χ1n) is 5.59. The lowest BCUT2D eigenvalue weighted by Crippen LogP contribution is -2.20. The largest absolute Gasteiger partial charge is 0.496 e. The average Bonchev–Trinajstić information content (AvgIpc) is 2.36. The summed E-state index contributed by atoms with van der Waals surface area (Å²) in [6.45, 7) is -2.06. The van der Waals surface area contributed by atoms with E-state index in [0.29, 0.717) is 0 Å². The fourth-order valence-electron chi connectivity index (χ4n) is 1.39. The van der Waals surface area contributed by atoms with Gasteiger partial charge in [-0.1, -0.05) is 6.07 Å². The number of rotatable bonds is 6. The van der Waals surface area contributed by atoms with Crippen LogP contribution in [0.5, 0.6) is 5.75 Å². The highest BCUT2D eigenvalue weighted by Crippen LogP contribution is 2.24. The number of nitrogens with two attached hydrogens (primary N) is 1. The van der Waals surface area contributed by atoms with Crippen molar-refractivity contribution in [3.05, 3.63) is 23.8 Å². The summed E-state index contributed by atoms with van der Waals surface area (Å²) in [5, 5.41) is 0. The fourth-order valence-corrected chi connectivity index (χ4v) is 1.39. The smallest absolute Gasteiger partial charge is 0.411 e. The van der Waals surface area contributed by atoms with Crippen LogP contribution < -0.4 is 10.5 Å². The molecule has 0 spiro atoms. The van der Waals surface area contributed by atoms with Gasteiger partial charge in [0.1, 0.15) is 24.5 Å². The molecule has 2 N–H and O–H groups in total. The van der Waals surface area contributed by atoms with Gasteiger partial charge < -0.3 is 19.9 Å². The van der Waals surface area contributed by atoms with E-state index in [2.05, 4.69) is 4.74 Å². The van der Waals surface area contributed by atoms with Crippen molar-refractivity contribution in [2.24, 2.45) is 0 Å². The minimum absolute atomic E-state index is 0.0332. The lowest BCUT2D eigenvalue weighted by atomic mass is 10.1. The number of benzene rings is 1. The third-order valence-electron chi connectivity index (χ3n) is 2.21. The number of esters is 1. The van der Waals surface area contributed by atoms with Crippen LogP contribution in [0.3, 0.4) is 0 Å². The van der Waals surface area contributed by atoms with Crippen LogP contribution in [0.4, 0.5) is 18.9 Å². The van der Waals surface area contributed by atoms with Gasteiger partial charge >= 0.3 is 12.1 Å². The van der Waals surface area contributed by atoms with Crippen LogP contribution in [0.1, 0.15) is 10.4 Å². The second kappa shape index (κ2) is 6.99. The third kappa shape index (κ3) is 4.96. The summed E-state index contributed by atoms with van der Waals surface area (Å²) in [4.78, 5) is 11.7. The van der Waals surface area contributed by atoms with Crippen molar-refractivity contribution in [1.82, 2.24) is 0 Å². The van der Waals surface area contributed by atoms with Crippen molar-refractivity contribution < 1.29 is 32.2 Å². The Morgan fingerprint density at radius 1 is 1.30 bits per heavy atom. The van der Waals surface area contributed by atoms with Crippen LogP contribution in [-0.2, 0) is 9.47 Å². The molecule has 0 bridgehead atoms. The molecule has 0 unspecified atom stereocenters. The van der Waals surface area contributed by atoms with Gasteiger partial charge in [0.2, 0.25) is 0 Å². The van der Waals surface area contributed by atoms with Crippen LogP contribution in [0.15, 0.2) is 18.2 Å². The zero-order chi connectivity index (χ0) is 15.2. The highest BCUT2D eigenvalue weighted by molar-refractivity contribution is 5.98. The standard InChI is InChI=1S/C12H14F3NO4/c1-18-9-4-2-3-8(16)10(9)11(17)20-6-5-19-7-12(13,14)15/h2-4H,5-7,16H2,1H3. The molecule has 0 fully saturated rings. The minimum Gasteiger partial charge on any atom is -0.496 e. The van der Waals surface area contributed by atoms with E-state index in [9.17, 15) is 18.0 Å². The number of nitrogen functional groups attached to an aromatic ring is 1. The van der Waals surface area contributed by atoms with Gasteiger partial charge in [0.05, 0.1) is 13.7 Å². The highest BCUT2D eigenvalue weighted by Gasteiger charge is 2.27. The summed E-state index contributed by atoms with van der Waals surface area (Å²) in [6, 6.07) is 4.60. The number of hydrogen-bond donors (Lipinski definition) is 1. The van der Waals surface area contributed by atoms with Crippen LogP contribution in [-0.4, -0.2) is 39.1 Å². The molecule has 0 aromatic heterocycles. The molecule has 0 atom stereocenters. The summed E-state index contributed by atoms with van der Waals surface area (Å²) in [7, 11) is 1.36. The van der Waals surface area contributed by atoms with Crippen molar-refractivity contribution in [2.45, 2.75) is 6.18 Å². The van der Waals surface area contributed by atoms with E-state index >= 15 is 0 Å². The first kappa shape index (κ1) is 16.1. The molecule has 0 aliphatic heterocycles. The predicted molar refractivity (Wildman–Crippen MR) is 64.6 cm³/mol. The van der Waals surface area contributed by atoms with E-state index < -0.39 is 18.8 Å². The summed E-state index contributed by atoms with van der Waals surface area (Å²) < 4.78 is 49.4. The van der Waals surface area contributed by atoms with E-state index in [1.807, 2.05) is 0 Å². The quantitative estimate of drug-likeness (QED) is 0.493. The Morgan fingerprint density at radius 3 is 2.60 bits per heavy atom. The van der Waals surface area contributed by atoms with Gasteiger partial charge in [0, 0.05) is 5.69 Å². The molecule has 0 heterocycles. The molecular weight excluding hydrogens is 279 g/mol. The Hall–Kier alpha value is -1.96. The third-order valence-corrected chi connectivity index (χ3v) is 2.21. The van der Waals surface area contributed by atoms with Gasteiger partial charge in [-0.25, -0.2) is 4.79 Å². The molecule has 20 heavy (non-hydrogen) atoms. The molecule has 0 saturated carbocycles. The van der Waals surface area contributed by atoms with Crippen LogP contribution >= 0.6 is 0 Å². The van der Waals surface area contributed by atoms with E-state index in [1.165, 1.54) is 19.2 Å². The van der Waals surface area contributed by atoms with Crippen molar-refractivity contribution >= 4 is 11.7 Å². The normalized spacial score (nSPS) is 11.2. The van der Waals surface area contributed by atoms with Gasteiger partial charge in [-0.2, -0.15) is 13.2 Å². The summed E-state index contributed by atoms with van der Waals surface area (Å²) in [5.74, 6) is -0.554. The molecule has 112 valence electrons. The van der Waals surface area contributed by atoms with E-state index in [4.69, 9.17) is 15.2 Å². The number of halogens is 3. The molecule has 5 nitrogen and oxygen atoms in total. The van der Waals surface area contributed by atoms with E-state index in [-0.39, 0.29) is 30.2 Å². The van der Waals surface area contributed by atoms with Gasteiger partial charge in [0.15, 0.2) is 0 Å². The van der Waals surface area contributed by atoms with Crippen molar-refractivity contribution in [1.29, 1.82) is 0 Å². The average molecular weight is 293 g/mol. The van der Waals surface area contributed by atoms with Crippen molar-refractivity contribution in [3.8, 4) is 5.75 Å². The Labute approximate surface area is 113 Å². The second-order valence-corrected chi connectivity index (χ2v) is 3.73. The maximum atomic E-state index is 11.8. The lowest BCUT2D eigenvalue weighted by Gasteiger charge is -2.11. The molecular formula is C12H14F3NO4. The molecule has 0 aliphatic rings. The molecule has 0 aliphatic carbocycles. The van der Waals surface area contributed by atoms with Gasteiger partial charge in [-0.05, 0) is 12.1 Å². The number of anilines is 1. The SMILES string of the molecule is COc1cccc(N)c1C(=O)OCCOCC(F)(F)F. The zero-order valence-corrected chi connectivity index (χ0v) is 10.7. The fraction of sp³-hybridized carbons (Fsp3) is 0.417. The van der Waals surface area contributed by atoms with Crippen molar-refractivity contribution in [3.63, 3.8) is 0 Å². The Bertz CT molecular complexity index is 463. The number of ether oxygens (including phenoxy) is 3. The van der Waals surface area contributed by atoms with Crippen LogP contribution in [0.2, 0.25) is 0 Å². The van der Waals surface area contributed by atoms with Crippen molar-refractivity contribution in [2.75, 3.05) is 32.7 Å². The molecule has 0 saturated heterocycles. The summed E-state index contributed by atoms with van der Waals surface area (Å²) >= 11 is 0. The minimum atomic E-state index is -4.41. The number of alkyl halides is 3. The maximum absolute atomic E-state index is 11.8. The van der Waals surface area contributed by atoms with Crippen LogP contribution in [0.25, 0.3) is 0 Å². The predicted octanol–water partition coefficient (Wildman–Crippen LogP) is 2.01. The number of hydrogen-bond acceptors (Lipinski definition) is 5. The number of carbonyl (C=O) groups is 1. The Balaban J connectivity index is 2.48. The summed E-state index contributed by atoms with van der Waals surface area (Å²) in [6.07, 6.45) is -4.41. The number of methoxy groups -OCH3 is 1. The molecule has 1 aromatic carbocycles. The van der Waals surface area contributed by atoms with E-state index in [0.717, 1.165) is 0 Å².